The summed E-state index contributed by atoms with van der Waals surface area (Å²) in [5.41, 5.74) is 0.198. The molecular weight excluding hydrogens is 400 g/mol. The van der Waals surface area contributed by atoms with Crippen molar-refractivity contribution in [3.05, 3.63) is 93.1 Å². The fourth-order valence-corrected chi connectivity index (χ4v) is 4.48. The van der Waals surface area contributed by atoms with Crippen molar-refractivity contribution in [3.8, 4) is 17.3 Å². The van der Waals surface area contributed by atoms with E-state index in [4.69, 9.17) is 9.15 Å². The zero-order chi connectivity index (χ0) is 20.7. The summed E-state index contributed by atoms with van der Waals surface area (Å²) in [5, 5.41) is 0.623. The van der Waals surface area contributed by atoms with E-state index in [9.17, 15) is 9.59 Å². The number of furan rings is 1. The molecule has 148 valence electrons. The second-order valence-electron chi connectivity index (χ2n) is 6.76. The van der Waals surface area contributed by atoms with Crippen LogP contribution in [0, 0.1) is 0 Å². The van der Waals surface area contributed by atoms with Gasteiger partial charge in [-0.1, -0.05) is 24.3 Å². The van der Waals surface area contributed by atoms with Gasteiger partial charge in [-0.25, -0.2) is 4.98 Å². The van der Waals surface area contributed by atoms with E-state index in [0.29, 0.717) is 21.8 Å². The number of fused-ring (bicyclic) bond motifs is 2. The van der Waals surface area contributed by atoms with Crippen LogP contribution in [0.5, 0.6) is 5.75 Å². The average molecular weight is 416 g/mol. The summed E-state index contributed by atoms with van der Waals surface area (Å²) >= 11 is 1.33. The van der Waals surface area contributed by atoms with Crippen molar-refractivity contribution in [1.29, 1.82) is 0 Å². The summed E-state index contributed by atoms with van der Waals surface area (Å²) in [6.07, 6.45) is 1.53. The molecule has 3 heterocycles. The normalized spacial score (nSPS) is 11.2. The highest BCUT2D eigenvalue weighted by molar-refractivity contribution is 7.24. The highest BCUT2D eigenvalue weighted by Gasteiger charge is 2.19. The number of ether oxygens (including phenoxy) is 1. The van der Waals surface area contributed by atoms with E-state index >= 15 is 0 Å². The molecule has 0 saturated heterocycles. The molecule has 0 aliphatic heterocycles. The molecule has 0 aliphatic rings. The van der Waals surface area contributed by atoms with Gasteiger partial charge in [-0.05, 0) is 42.0 Å². The predicted molar refractivity (Wildman–Crippen MR) is 117 cm³/mol. The average Bonchev–Trinajstić information content (AvgIpc) is 3.31. The van der Waals surface area contributed by atoms with E-state index in [1.807, 2.05) is 36.4 Å². The van der Waals surface area contributed by atoms with Crippen LogP contribution in [0.2, 0.25) is 0 Å². The maximum Gasteiger partial charge on any atom is 0.266 e. The molecule has 30 heavy (non-hydrogen) atoms. The molecule has 0 bridgehead atoms. The van der Waals surface area contributed by atoms with E-state index < -0.39 is 0 Å². The van der Waals surface area contributed by atoms with E-state index in [-0.39, 0.29) is 22.9 Å². The first-order chi connectivity index (χ1) is 14.7. The molecule has 6 nitrogen and oxygen atoms in total. The summed E-state index contributed by atoms with van der Waals surface area (Å²) in [6, 6.07) is 18.2. The van der Waals surface area contributed by atoms with Crippen molar-refractivity contribution in [2.24, 2.45) is 0 Å². The first-order valence-corrected chi connectivity index (χ1v) is 10.1. The monoisotopic (exact) mass is 416 g/mol. The van der Waals surface area contributed by atoms with Crippen LogP contribution in [0.4, 0.5) is 0 Å². The molecule has 5 rings (SSSR count). The van der Waals surface area contributed by atoms with Gasteiger partial charge in [0.1, 0.15) is 16.0 Å². The van der Waals surface area contributed by atoms with Crippen molar-refractivity contribution in [1.82, 2.24) is 9.55 Å². The molecule has 2 aromatic carbocycles. The van der Waals surface area contributed by atoms with Crippen LogP contribution in [0.3, 0.4) is 0 Å². The number of aromatic nitrogens is 2. The van der Waals surface area contributed by atoms with Crippen LogP contribution in [0.1, 0.15) is 5.56 Å². The Bertz CT molecular complexity index is 1480. The van der Waals surface area contributed by atoms with Gasteiger partial charge >= 0.3 is 0 Å². The maximum atomic E-state index is 13.5. The lowest BCUT2D eigenvalue weighted by Crippen LogP contribution is -2.27. The lowest BCUT2D eigenvalue weighted by Gasteiger charge is -2.12. The van der Waals surface area contributed by atoms with Gasteiger partial charge in [-0.3, -0.25) is 14.2 Å². The lowest BCUT2D eigenvalue weighted by atomic mass is 10.2. The van der Waals surface area contributed by atoms with Crippen LogP contribution < -0.4 is 15.7 Å². The van der Waals surface area contributed by atoms with Gasteiger partial charge in [-0.15, -0.1) is 11.3 Å². The summed E-state index contributed by atoms with van der Waals surface area (Å²) in [4.78, 5) is 31.7. The molecule has 0 unspecified atom stereocenters. The SMILES string of the molecule is COc1ccc(Cn2c(-c3ccco3)nc3sc4ccccc4c(=O)c3c2=O)cc1. The molecule has 0 atom stereocenters. The second-order valence-corrected chi connectivity index (χ2v) is 7.79. The molecule has 0 aliphatic carbocycles. The molecule has 5 aromatic rings. The van der Waals surface area contributed by atoms with Crippen LogP contribution in [-0.4, -0.2) is 16.7 Å². The topological polar surface area (TPSA) is 74.3 Å². The standard InChI is InChI=1S/C23H16N2O4S/c1-28-15-10-8-14(9-11-15)13-25-21(17-6-4-12-29-17)24-22-19(23(25)27)20(26)16-5-2-3-7-18(16)30-22/h2-12H,13H2,1H3. The molecular formula is C23H16N2O4S. The Morgan fingerprint density at radius 3 is 2.57 bits per heavy atom. The predicted octanol–water partition coefficient (Wildman–Crippen LogP) is 4.29. The summed E-state index contributed by atoms with van der Waals surface area (Å²) in [6.45, 7) is 0.249. The van der Waals surface area contributed by atoms with E-state index in [1.54, 1.807) is 31.4 Å². The summed E-state index contributed by atoms with van der Waals surface area (Å²) in [7, 11) is 1.60. The minimum atomic E-state index is -0.380. The highest BCUT2D eigenvalue weighted by Crippen LogP contribution is 2.25. The first kappa shape index (κ1) is 18.3. The van der Waals surface area contributed by atoms with Gasteiger partial charge < -0.3 is 9.15 Å². The quantitative estimate of drug-likeness (QED) is 0.409. The first-order valence-electron chi connectivity index (χ1n) is 9.29. The Labute approximate surface area is 174 Å². The molecule has 0 spiro atoms. The van der Waals surface area contributed by atoms with Crippen LogP contribution in [-0.2, 0) is 6.54 Å². The molecule has 0 saturated carbocycles. The number of benzene rings is 2. The Balaban J connectivity index is 1.80. The number of rotatable bonds is 4. The van der Waals surface area contributed by atoms with E-state index in [1.165, 1.54) is 22.2 Å². The van der Waals surface area contributed by atoms with Crippen molar-refractivity contribution >= 4 is 31.6 Å². The molecule has 0 N–H and O–H groups in total. The largest absolute Gasteiger partial charge is 0.497 e. The molecule has 0 radical (unpaired) electrons. The third kappa shape index (κ3) is 3.00. The maximum absolute atomic E-state index is 13.5. The highest BCUT2D eigenvalue weighted by atomic mass is 32.1. The molecule has 0 fully saturated rings. The fourth-order valence-electron chi connectivity index (χ4n) is 3.44. The van der Waals surface area contributed by atoms with Crippen molar-refractivity contribution in [2.45, 2.75) is 6.54 Å². The Hall–Kier alpha value is -3.71. The van der Waals surface area contributed by atoms with E-state index in [0.717, 1.165) is 16.0 Å². The third-order valence-corrected chi connectivity index (χ3v) is 6.01. The van der Waals surface area contributed by atoms with Crippen molar-refractivity contribution < 1.29 is 9.15 Å². The Morgan fingerprint density at radius 2 is 1.83 bits per heavy atom. The number of hydrogen-bond acceptors (Lipinski definition) is 6. The van der Waals surface area contributed by atoms with E-state index in [2.05, 4.69) is 4.98 Å². The minimum Gasteiger partial charge on any atom is -0.497 e. The van der Waals surface area contributed by atoms with Crippen LogP contribution in [0.15, 0.2) is 80.9 Å². The van der Waals surface area contributed by atoms with Crippen LogP contribution in [0.25, 0.3) is 31.9 Å². The van der Waals surface area contributed by atoms with Gasteiger partial charge in [-0.2, -0.15) is 0 Å². The smallest absolute Gasteiger partial charge is 0.266 e. The molecule has 7 heteroatoms. The van der Waals surface area contributed by atoms with Gasteiger partial charge in [0.05, 0.1) is 19.9 Å². The number of nitrogens with zero attached hydrogens (tertiary/aromatic N) is 2. The molecule has 3 aromatic heterocycles. The van der Waals surface area contributed by atoms with Crippen molar-refractivity contribution in [3.63, 3.8) is 0 Å². The lowest BCUT2D eigenvalue weighted by molar-refractivity contribution is 0.414. The second kappa shape index (κ2) is 7.27. The molecule has 0 amide bonds. The Morgan fingerprint density at radius 1 is 1.03 bits per heavy atom. The zero-order valence-corrected chi connectivity index (χ0v) is 16.8. The number of hydrogen-bond donors (Lipinski definition) is 0. The summed E-state index contributed by atoms with van der Waals surface area (Å²) in [5.74, 6) is 1.58. The Kier molecular flexibility index (Phi) is 4.44. The van der Waals surface area contributed by atoms with Gasteiger partial charge in [0.2, 0.25) is 5.43 Å². The minimum absolute atomic E-state index is 0.0996. The van der Waals surface area contributed by atoms with Crippen molar-refractivity contribution in [2.75, 3.05) is 7.11 Å². The van der Waals surface area contributed by atoms with Crippen LogP contribution >= 0.6 is 11.3 Å². The summed E-state index contributed by atoms with van der Waals surface area (Å²) < 4.78 is 13.0. The van der Waals surface area contributed by atoms with Gasteiger partial charge in [0, 0.05) is 10.1 Å². The number of methoxy groups -OCH3 is 1. The zero-order valence-electron chi connectivity index (χ0n) is 16.0. The third-order valence-electron chi connectivity index (χ3n) is 4.94. The van der Waals surface area contributed by atoms with Gasteiger partial charge in [0.25, 0.3) is 5.56 Å². The fraction of sp³-hybridized carbons (Fsp3) is 0.0870. The van der Waals surface area contributed by atoms with Gasteiger partial charge in [0.15, 0.2) is 11.6 Å².